The Balaban J connectivity index is 1.92. The van der Waals surface area contributed by atoms with Gasteiger partial charge in [0.25, 0.3) is 0 Å². The molecule has 4 rings (SSSR count). The first-order chi connectivity index (χ1) is 14.0. The van der Waals surface area contributed by atoms with Gasteiger partial charge in [-0.3, -0.25) is 0 Å². The Bertz CT molecular complexity index is 1050. The maximum atomic E-state index is 6.24. The van der Waals surface area contributed by atoms with E-state index in [1.807, 2.05) is 37.3 Å². The summed E-state index contributed by atoms with van der Waals surface area (Å²) < 4.78 is 19.0. The number of ether oxygens (including phenoxy) is 3. The van der Waals surface area contributed by atoms with Gasteiger partial charge in [0.15, 0.2) is 0 Å². The van der Waals surface area contributed by atoms with E-state index in [1.165, 1.54) is 0 Å². The van der Waals surface area contributed by atoms with Crippen LogP contribution in [0.3, 0.4) is 0 Å². The molecule has 0 spiro atoms. The second-order valence-corrected chi connectivity index (χ2v) is 7.57. The fraction of sp³-hybridized carbons (Fsp3) is 0.364. The molecule has 0 aliphatic carbocycles. The largest absolute Gasteiger partial charge is 0.495 e. The van der Waals surface area contributed by atoms with Crippen molar-refractivity contribution in [1.82, 2.24) is 14.5 Å². The molecule has 0 saturated heterocycles. The second kappa shape index (κ2) is 8.05. The zero-order chi connectivity index (χ0) is 20.5. The van der Waals surface area contributed by atoms with Crippen LogP contribution in [0.15, 0.2) is 30.3 Å². The Morgan fingerprint density at radius 3 is 2.69 bits per heavy atom. The highest BCUT2D eigenvalue weighted by atomic mass is 35.5. The minimum atomic E-state index is 0.0972. The van der Waals surface area contributed by atoms with Gasteiger partial charge in [-0.25, -0.2) is 9.97 Å². The van der Waals surface area contributed by atoms with Crippen LogP contribution in [0, 0.1) is 6.92 Å². The molecule has 1 atom stereocenters. The first kappa shape index (κ1) is 19.7. The van der Waals surface area contributed by atoms with E-state index in [0.717, 1.165) is 47.0 Å². The van der Waals surface area contributed by atoms with Gasteiger partial charge >= 0.3 is 0 Å². The van der Waals surface area contributed by atoms with Crippen LogP contribution in [0.25, 0.3) is 22.6 Å². The fourth-order valence-electron chi connectivity index (χ4n) is 3.73. The summed E-state index contributed by atoms with van der Waals surface area (Å²) in [4.78, 5) is 9.46. The van der Waals surface area contributed by atoms with Crippen molar-refractivity contribution >= 4 is 11.6 Å². The minimum Gasteiger partial charge on any atom is -0.495 e. The van der Waals surface area contributed by atoms with Crippen molar-refractivity contribution < 1.29 is 14.2 Å². The molecule has 0 saturated carbocycles. The van der Waals surface area contributed by atoms with Crippen LogP contribution in [0.1, 0.15) is 18.3 Å². The summed E-state index contributed by atoms with van der Waals surface area (Å²) in [6.07, 6.45) is 0.876. The average Bonchev–Trinajstić information content (AvgIpc) is 2.94. The van der Waals surface area contributed by atoms with Crippen molar-refractivity contribution in [3.63, 3.8) is 0 Å². The van der Waals surface area contributed by atoms with Crippen molar-refractivity contribution in [1.29, 1.82) is 0 Å². The molecular weight excluding hydrogens is 390 g/mol. The van der Waals surface area contributed by atoms with Crippen molar-refractivity contribution in [2.75, 3.05) is 20.8 Å². The highest BCUT2D eigenvalue weighted by molar-refractivity contribution is 6.32. The molecule has 0 fully saturated rings. The van der Waals surface area contributed by atoms with Crippen LogP contribution < -0.4 is 9.47 Å². The number of aromatic nitrogens is 3. The third-order valence-corrected chi connectivity index (χ3v) is 5.39. The summed E-state index contributed by atoms with van der Waals surface area (Å²) in [5.74, 6) is 2.08. The number of fused-ring (bicyclic) bond motifs is 1. The molecule has 3 aromatic rings. The Kier molecular flexibility index (Phi) is 5.48. The molecule has 0 unspecified atom stereocenters. The molecule has 0 N–H and O–H groups in total. The van der Waals surface area contributed by atoms with E-state index in [2.05, 4.69) is 16.5 Å². The quantitative estimate of drug-likeness (QED) is 0.627. The number of hydrogen-bond donors (Lipinski definition) is 0. The van der Waals surface area contributed by atoms with Crippen molar-refractivity contribution in [3.8, 4) is 34.3 Å². The molecule has 152 valence electrons. The molecule has 1 aliphatic rings. The summed E-state index contributed by atoms with van der Waals surface area (Å²) in [6, 6.07) is 9.70. The van der Waals surface area contributed by atoms with Gasteiger partial charge in [-0.2, -0.15) is 0 Å². The van der Waals surface area contributed by atoms with Crippen LogP contribution in [-0.2, 0) is 17.7 Å². The summed E-state index contributed by atoms with van der Waals surface area (Å²) in [5.41, 5.74) is 4.89. The number of nitrogens with zero attached hydrogens (tertiary/aromatic N) is 3. The van der Waals surface area contributed by atoms with Crippen LogP contribution in [-0.4, -0.2) is 41.5 Å². The molecule has 29 heavy (non-hydrogen) atoms. The number of pyridine rings is 1. The first-order valence-corrected chi connectivity index (χ1v) is 9.96. The van der Waals surface area contributed by atoms with Gasteiger partial charge in [0, 0.05) is 35.0 Å². The van der Waals surface area contributed by atoms with Gasteiger partial charge in [0.2, 0.25) is 5.88 Å². The summed E-state index contributed by atoms with van der Waals surface area (Å²) in [6.45, 7) is 5.42. The van der Waals surface area contributed by atoms with Crippen LogP contribution >= 0.6 is 11.6 Å². The Morgan fingerprint density at radius 2 is 1.93 bits per heavy atom. The number of hydrogen-bond acceptors (Lipinski definition) is 5. The van der Waals surface area contributed by atoms with Crippen molar-refractivity contribution in [2.24, 2.45) is 0 Å². The topological polar surface area (TPSA) is 58.4 Å². The maximum Gasteiger partial charge on any atom is 0.213 e. The normalized spacial score (nSPS) is 16.2. The zero-order valence-electron chi connectivity index (χ0n) is 17.0. The third kappa shape index (κ3) is 3.82. The Morgan fingerprint density at radius 1 is 1.10 bits per heavy atom. The van der Waals surface area contributed by atoms with Crippen LogP contribution in [0.4, 0.5) is 0 Å². The molecule has 1 aromatic carbocycles. The predicted octanol–water partition coefficient (Wildman–Crippen LogP) is 4.55. The fourth-order valence-corrected chi connectivity index (χ4v) is 3.93. The average molecular weight is 414 g/mol. The number of aryl methyl sites for hydroxylation is 1. The molecule has 0 radical (unpaired) electrons. The zero-order valence-corrected chi connectivity index (χ0v) is 17.8. The first-order valence-electron chi connectivity index (χ1n) is 9.58. The minimum absolute atomic E-state index is 0.0972. The summed E-state index contributed by atoms with van der Waals surface area (Å²) in [5, 5.41) is 0.574. The lowest BCUT2D eigenvalue weighted by atomic mass is 10.1. The highest BCUT2D eigenvalue weighted by Gasteiger charge is 2.24. The molecule has 0 amide bonds. The SMILES string of the molecule is COc1cc(-c2nc(-c3ccc(Cl)c(OC)c3)n3c2CCO[C@H](C)C3)cc(C)n1. The third-order valence-electron chi connectivity index (χ3n) is 5.08. The van der Waals surface area contributed by atoms with E-state index in [4.69, 9.17) is 30.8 Å². The number of halogens is 1. The van der Waals surface area contributed by atoms with Crippen LogP contribution in [0.5, 0.6) is 11.6 Å². The predicted molar refractivity (Wildman–Crippen MR) is 113 cm³/mol. The van der Waals surface area contributed by atoms with E-state index in [1.54, 1.807) is 14.2 Å². The van der Waals surface area contributed by atoms with E-state index in [0.29, 0.717) is 23.3 Å². The van der Waals surface area contributed by atoms with Gasteiger partial charge in [0.05, 0.1) is 44.2 Å². The molecule has 7 heteroatoms. The molecular formula is C22H24ClN3O3. The molecule has 1 aliphatic heterocycles. The second-order valence-electron chi connectivity index (χ2n) is 7.16. The lowest BCUT2D eigenvalue weighted by molar-refractivity contribution is 0.0666. The molecule has 3 heterocycles. The smallest absolute Gasteiger partial charge is 0.213 e. The standard InChI is InChI=1S/C22H24ClN3O3/c1-13-9-16(11-20(24-13)28-4)21-18-7-8-29-14(2)12-26(18)22(25-21)15-5-6-17(23)19(10-15)27-3/h5-6,9-11,14H,7-8,12H2,1-4H3/t14-/m1/s1. The van der Waals surface area contributed by atoms with E-state index >= 15 is 0 Å². The van der Waals surface area contributed by atoms with Gasteiger partial charge in [-0.1, -0.05) is 11.6 Å². The van der Waals surface area contributed by atoms with Crippen molar-refractivity contribution in [3.05, 3.63) is 46.7 Å². The van der Waals surface area contributed by atoms with E-state index < -0.39 is 0 Å². The lowest BCUT2D eigenvalue weighted by Gasteiger charge is -2.13. The van der Waals surface area contributed by atoms with Crippen molar-refractivity contribution in [2.45, 2.75) is 32.9 Å². The summed E-state index contributed by atoms with van der Waals surface area (Å²) >= 11 is 6.24. The highest BCUT2D eigenvalue weighted by Crippen LogP contribution is 2.35. The molecule has 2 aromatic heterocycles. The van der Waals surface area contributed by atoms with E-state index in [9.17, 15) is 0 Å². The molecule has 6 nitrogen and oxygen atoms in total. The Labute approximate surface area is 175 Å². The monoisotopic (exact) mass is 413 g/mol. The number of benzene rings is 1. The van der Waals surface area contributed by atoms with Gasteiger partial charge in [-0.15, -0.1) is 0 Å². The Hall–Kier alpha value is -2.57. The maximum absolute atomic E-state index is 6.24. The lowest BCUT2D eigenvalue weighted by Crippen LogP contribution is -2.15. The number of rotatable bonds is 4. The van der Waals surface area contributed by atoms with Gasteiger partial charge < -0.3 is 18.8 Å². The van der Waals surface area contributed by atoms with Gasteiger partial charge in [-0.05, 0) is 38.1 Å². The molecule has 0 bridgehead atoms. The number of imidazole rings is 1. The van der Waals surface area contributed by atoms with E-state index in [-0.39, 0.29) is 6.10 Å². The van der Waals surface area contributed by atoms with Crippen LogP contribution in [0.2, 0.25) is 5.02 Å². The summed E-state index contributed by atoms with van der Waals surface area (Å²) in [7, 11) is 3.24. The number of methoxy groups -OCH3 is 2. The van der Waals surface area contributed by atoms with Gasteiger partial charge in [0.1, 0.15) is 11.6 Å².